The summed E-state index contributed by atoms with van der Waals surface area (Å²) in [5.74, 6) is 0.585. The lowest BCUT2D eigenvalue weighted by Crippen LogP contribution is -2.37. The Morgan fingerprint density at radius 3 is 2.71 bits per heavy atom. The molecule has 0 saturated heterocycles. The molecule has 0 amide bonds. The van der Waals surface area contributed by atoms with Crippen molar-refractivity contribution >= 4 is 11.6 Å². The van der Waals surface area contributed by atoms with Gasteiger partial charge in [0.1, 0.15) is 18.5 Å². The van der Waals surface area contributed by atoms with Crippen molar-refractivity contribution in [1.82, 2.24) is 5.32 Å². The smallest absolute Gasteiger partial charge is 0.138 e. The summed E-state index contributed by atoms with van der Waals surface area (Å²) in [5.41, 5.74) is 0.103. The average Bonchev–Trinajstić information content (AvgIpc) is 2.44. The second-order valence-corrected chi connectivity index (χ2v) is 6.42. The van der Waals surface area contributed by atoms with Crippen molar-refractivity contribution in [2.75, 3.05) is 26.3 Å². The number of rotatable bonds is 10. The number of aliphatic hydroxyl groups is 2. The summed E-state index contributed by atoms with van der Waals surface area (Å²) in [5, 5.41) is 22.5. The Hall–Kier alpha value is -0.810. The highest BCUT2D eigenvalue weighted by atomic mass is 35.5. The third-order valence-electron chi connectivity index (χ3n) is 3.26. The summed E-state index contributed by atoms with van der Waals surface area (Å²) in [7, 11) is 0. The van der Waals surface area contributed by atoms with Gasteiger partial charge in [-0.25, -0.2) is 0 Å². The van der Waals surface area contributed by atoms with E-state index in [-0.39, 0.29) is 18.6 Å². The Bertz CT molecular complexity index is 412. The Balaban J connectivity index is 2.22. The van der Waals surface area contributed by atoms with Crippen molar-refractivity contribution in [3.63, 3.8) is 0 Å². The van der Waals surface area contributed by atoms with E-state index in [0.717, 1.165) is 19.4 Å². The zero-order chi connectivity index (χ0) is 15.7. The van der Waals surface area contributed by atoms with Gasteiger partial charge in [0.05, 0.1) is 5.02 Å². The lowest BCUT2D eigenvalue weighted by Gasteiger charge is -2.25. The van der Waals surface area contributed by atoms with E-state index in [4.69, 9.17) is 21.4 Å². The van der Waals surface area contributed by atoms with Crippen LogP contribution in [0.3, 0.4) is 0 Å². The van der Waals surface area contributed by atoms with Crippen molar-refractivity contribution in [1.29, 1.82) is 0 Å². The van der Waals surface area contributed by atoms with E-state index in [1.807, 2.05) is 12.1 Å². The maximum absolute atomic E-state index is 9.90. The van der Waals surface area contributed by atoms with Gasteiger partial charge in [-0.05, 0) is 30.4 Å². The highest BCUT2D eigenvalue weighted by Gasteiger charge is 2.17. The van der Waals surface area contributed by atoms with Crippen molar-refractivity contribution in [3.8, 4) is 5.75 Å². The first-order valence-electron chi connectivity index (χ1n) is 7.31. The third-order valence-corrected chi connectivity index (χ3v) is 3.58. The molecular weight excluding hydrogens is 290 g/mol. The summed E-state index contributed by atoms with van der Waals surface area (Å²) in [6, 6.07) is 7.21. The summed E-state index contributed by atoms with van der Waals surface area (Å²) < 4.78 is 5.49. The molecule has 0 heterocycles. The van der Waals surface area contributed by atoms with Crippen LogP contribution in [0.5, 0.6) is 5.75 Å². The second kappa shape index (κ2) is 9.26. The Morgan fingerprint density at radius 1 is 1.33 bits per heavy atom. The van der Waals surface area contributed by atoms with Gasteiger partial charge in [-0.1, -0.05) is 37.6 Å². The lowest BCUT2D eigenvalue weighted by atomic mass is 9.88. The van der Waals surface area contributed by atoms with E-state index in [0.29, 0.717) is 17.3 Å². The van der Waals surface area contributed by atoms with Gasteiger partial charge < -0.3 is 20.3 Å². The molecule has 1 unspecified atom stereocenters. The first-order valence-corrected chi connectivity index (χ1v) is 7.69. The van der Waals surface area contributed by atoms with Gasteiger partial charge in [-0.3, -0.25) is 0 Å². The maximum Gasteiger partial charge on any atom is 0.138 e. The lowest BCUT2D eigenvalue weighted by molar-refractivity contribution is 0.103. The van der Waals surface area contributed by atoms with Crippen molar-refractivity contribution < 1.29 is 14.9 Å². The summed E-state index contributed by atoms with van der Waals surface area (Å²) in [6.07, 6.45) is 1.16. The molecule has 0 bridgehead atoms. The van der Waals surface area contributed by atoms with Crippen LogP contribution >= 0.6 is 11.6 Å². The summed E-state index contributed by atoms with van der Waals surface area (Å²) in [6.45, 7) is 5.96. The molecule has 0 radical (unpaired) electrons. The number of hydrogen-bond donors (Lipinski definition) is 3. The van der Waals surface area contributed by atoms with E-state index in [1.54, 1.807) is 12.1 Å². The maximum atomic E-state index is 9.90. The number of aliphatic hydroxyl groups excluding tert-OH is 2. The van der Waals surface area contributed by atoms with Gasteiger partial charge in [-0.2, -0.15) is 0 Å². The molecule has 0 aliphatic rings. The predicted molar refractivity (Wildman–Crippen MR) is 85.9 cm³/mol. The van der Waals surface area contributed by atoms with Crippen LogP contribution in [0.25, 0.3) is 0 Å². The Morgan fingerprint density at radius 2 is 2.05 bits per heavy atom. The van der Waals surface area contributed by atoms with Crippen LogP contribution in [0, 0.1) is 5.41 Å². The molecule has 0 fully saturated rings. The second-order valence-electron chi connectivity index (χ2n) is 6.02. The molecular formula is C16H26ClNO3. The molecule has 1 rings (SSSR count). The van der Waals surface area contributed by atoms with Crippen LogP contribution in [-0.2, 0) is 0 Å². The first kappa shape index (κ1) is 18.2. The molecule has 120 valence electrons. The first-order chi connectivity index (χ1) is 9.94. The SMILES string of the molecule is CC(C)(CCCO)CNCC(O)COc1ccccc1Cl. The van der Waals surface area contributed by atoms with Crippen molar-refractivity contribution in [2.24, 2.45) is 5.41 Å². The van der Waals surface area contributed by atoms with Crippen LogP contribution < -0.4 is 10.1 Å². The fraction of sp³-hybridized carbons (Fsp3) is 0.625. The number of halogens is 1. The van der Waals surface area contributed by atoms with E-state index in [1.165, 1.54) is 0 Å². The van der Waals surface area contributed by atoms with Crippen molar-refractivity contribution in [3.05, 3.63) is 29.3 Å². The van der Waals surface area contributed by atoms with Gasteiger partial charge in [0, 0.05) is 19.7 Å². The topological polar surface area (TPSA) is 61.7 Å². The monoisotopic (exact) mass is 315 g/mol. The zero-order valence-corrected chi connectivity index (χ0v) is 13.6. The molecule has 0 saturated carbocycles. The van der Waals surface area contributed by atoms with Crippen LogP contribution in [-0.4, -0.2) is 42.6 Å². The standard InChI is InChI=1S/C16H26ClNO3/c1-16(2,8-5-9-19)12-18-10-13(20)11-21-15-7-4-3-6-14(15)17/h3-4,6-7,13,18-20H,5,8-12H2,1-2H3. The minimum atomic E-state index is -0.588. The normalized spacial score (nSPS) is 13.2. The molecule has 0 spiro atoms. The van der Waals surface area contributed by atoms with Gasteiger partial charge in [-0.15, -0.1) is 0 Å². The molecule has 1 aromatic rings. The third kappa shape index (κ3) is 7.67. The van der Waals surface area contributed by atoms with E-state index >= 15 is 0 Å². The van der Waals surface area contributed by atoms with Gasteiger partial charge in [0.25, 0.3) is 0 Å². The zero-order valence-electron chi connectivity index (χ0n) is 12.8. The molecule has 5 heteroatoms. The van der Waals surface area contributed by atoms with Gasteiger partial charge >= 0.3 is 0 Å². The van der Waals surface area contributed by atoms with Crippen LogP contribution in [0.4, 0.5) is 0 Å². The summed E-state index contributed by atoms with van der Waals surface area (Å²) >= 11 is 5.98. The highest BCUT2D eigenvalue weighted by molar-refractivity contribution is 6.32. The van der Waals surface area contributed by atoms with Crippen LogP contribution in [0.15, 0.2) is 24.3 Å². The fourth-order valence-electron chi connectivity index (χ4n) is 2.03. The largest absolute Gasteiger partial charge is 0.489 e. The summed E-state index contributed by atoms with van der Waals surface area (Å²) in [4.78, 5) is 0. The van der Waals surface area contributed by atoms with Crippen molar-refractivity contribution in [2.45, 2.75) is 32.8 Å². The molecule has 1 aromatic carbocycles. The van der Waals surface area contributed by atoms with Crippen LogP contribution in [0.2, 0.25) is 5.02 Å². The van der Waals surface area contributed by atoms with E-state index in [2.05, 4.69) is 19.2 Å². The van der Waals surface area contributed by atoms with Gasteiger partial charge in [0.15, 0.2) is 0 Å². The Labute approximate surface area is 132 Å². The molecule has 4 nitrogen and oxygen atoms in total. The molecule has 21 heavy (non-hydrogen) atoms. The number of nitrogens with one attached hydrogen (secondary N) is 1. The molecule has 1 atom stereocenters. The average molecular weight is 316 g/mol. The van der Waals surface area contributed by atoms with E-state index in [9.17, 15) is 5.11 Å². The minimum absolute atomic E-state index is 0.103. The number of ether oxygens (including phenoxy) is 1. The Kier molecular flexibility index (Phi) is 8.04. The number of para-hydroxylation sites is 1. The minimum Gasteiger partial charge on any atom is -0.489 e. The quantitative estimate of drug-likeness (QED) is 0.621. The van der Waals surface area contributed by atoms with Gasteiger partial charge in [0.2, 0.25) is 0 Å². The molecule has 0 aliphatic carbocycles. The number of hydrogen-bond acceptors (Lipinski definition) is 4. The number of benzene rings is 1. The predicted octanol–water partition coefficient (Wildman–Crippen LogP) is 2.47. The molecule has 3 N–H and O–H groups in total. The van der Waals surface area contributed by atoms with E-state index < -0.39 is 6.10 Å². The fourth-order valence-corrected chi connectivity index (χ4v) is 2.22. The molecule has 0 aliphatic heterocycles. The molecule has 0 aromatic heterocycles. The highest BCUT2D eigenvalue weighted by Crippen LogP contribution is 2.23. The van der Waals surface area contributed by atoms with Crippen LogP contribution in [0.1, 0.15) is 26.7 Å².